The summed E-state index contributed by atoms with van der Waals surface area (Å²) in [5, 5.41) is 0.691. The highest BCUT2D eigenvalue weighted by atomic mass is 35.5. The predicted molar refractivity (Wildman–Crippen MR) is 100 cm³/mol. The van der Waals surface area contributed by atoms with Gasteiger partial charge in [0.25, 0.3) is 0 Å². The Morgan fingerprint density at radius 3 is 2.21 bits per heavy atom. The minimum atomic E-state index is -0.0835. The van der Waals surface area contributed by atoms with E-state index < -0.39 is 0 Å². The van der Waals surface area contributed by atoms with Crippen LogP contribution in [0.5, 0.6) is 5.75 Å². The van der Waals surface area contributed by atoms with Gasteiger partial charge in [-0.15, -0.1) is 0 Å². The van der Waals surface area contributed by atoms with Gasteiger partial charge in [0, 0.05) is 17.0 Å². The van der Waals surface area contributed by atoms with Gasteiger partial charge in [0.05, 0.1) is 0 Å². The fourth-order valence-electron chi connectivity index (χ4n) is 2.71. The first-order valence-electron chi connectivity index (χ1n) is 8.04. The molecule has 2 nitrogen and oxygen atoms in total. The molecule has 0 aliphatic rings. The number of hydrogen-bond acceptors (Lipinski definition) is 2. The summed E-state index contributed by atoms with van der Waals surface area (Å²) in [6.07, 6.45) is 0.667. The topological polar surface area (TPSA) is 35.2 Å². The molecule has 3 heteroatoms. The average Bonchev–Trinajstić information content (AvgIpc) is 2.64. The smallest absolute Gasteiger partial charge is 0.128 e. The largest absolute Gasteiger partial charge is 0.485 e. The Balaban J connectivity index is 1.96. The van der Waals surface area contributed by atoms with Crippen LogP contribution >= 0.6 is 11.6 Å². The van der Waals surface area contributed by atoms with Crippen molar-refractivity contribution in [2.45, 2.75) is 12.5 Å². The number of nitrogens with two attached hydrogens (primary N) is 1. The first kappa shape index (κ1) is 16.6. The lowest BCUT2D eigenvalue weighted by Crippen LogP contribution is -2.13. The second-order valence-corrected chi connectivity index (χ2v) is 6.04. The van der Waals surface area contributed by atoms with Crippen molar-refractivity contribution >= 4 is 11.6 Å². The Labute approximate surface area is 147 Å². The molecule has 0 aliphatic carbocycles. The van der Waals surface area contributed by atoms with Crippen molar-refractivity contribution in [1.82, 2.24) is 0 Å². The third-order valence-electron chi connectivity index (χ3n) is 3.90. The van der Waals surface area contributed by atoms with Crippen molar-refractivity contribution in [2.75, 3.05) is 6.54 Å². The van der Waals surface area contributed by atoms with Gasteiger partial charge in [-0.1, -0.05) is 72.3 Å². The van der Waals surface area contributed by atoms with E-state index in [1.54, 1.807) is 0 Å². The Morgan fingerprint density at radius 1 is 0.875 bits per heavy atom. The molecule has 1 unspecified atom stereocenters. The molecular weight excluding hydrogens is 318 g/mol. The van der Waals surface area contributed by atoms with E-state index in [4.69, 9.17) is 22.1 Å². The molecule has 0 bridgehead atoms. The van der Waals surface area contributed by atoms with Crippen LogP contribution in [0.2, 0.25) is 5.02 Å². The van der Waals surface area contributed by atoms with Crippen LogP contribution in [-0.4, -0.2) is 6.54 Å². The Bertz CT molecular complexity index is 774. The highest BCUT2D eigenvalue weighted by molar-refractivity contribution is 6.31. The molecule has 3 aromatic carbocycles. The van der Waals surface area contributed by atoms with Gasteiger partial charge < -0.3 is 10.5 Å². The van der Waals surface area contributed by atoms with Crippen molar-refractivity contribution in [3.63, 3.8) is 0 Å². The molecule has 0 saturated heterocycles. The summed E-state index contributed by atoms with van der Waals surface area (Å²) < 4.78 is 6.34. The molecular formula is C21H20ClNO. The normalized spacial score (nSPS) is 11.9. The zero-order valence-electron chi connectivity index (χ0n) is 13.4. The lowest BCUT2D eigenvalue weighted by atomic mass is 10.0. The molecule has 24 heavy (non-hydrogen) atoms. The molecule has 2 N–H and O–H groups in total. The van der Waals surface area contributed by atoms with Gasteiger partial charge in [-0.25, -0.2) is 0 Å². The van der Waals surface area contributed by atoms with Gasteiger partial charge in [0.15, 0.2) is 0 Å². The van der Waals surface area contributed by atoms with Crippen LogP contribution in [-0.2, 0) is 0 Å². The zero-order valence-corrected chi connectivity index (χ0v) is 14.1. The summed E-state index contributed by atoms with van der Waals surface area (Å²) >= 11 is 6.21. The number of halogens is 1. The van der Waals surface area contributed by atoms with E-state index in [0.717, 1.165) is 28.9 Å². The maximum atomic E-state index is 6.34. The highest BCUT2D eigenvalue weighted by Crippen LogP contribution is 2.35. The van der Waals surface area contributed by atoms with E-state index in [0.29, 0.717) is 11.6 Å². The van der Waals surface area contributed by atoms with E-state index in [1.807, 2.05) is 54.6 Å². The minimum Gasteiger partial charge on any atom is -0.485 e. The van der Waals surface area contributed by atoms with Gasteiger partial charge in [-0.05, 0) is 35.9 Å². The Kier molecular flexibility index (Phi) is 5.52. The molecule has 122 valence electrons. The fraction of sp³-hybridized carbons (Fsp3) is 0.143. The first-order chi connectivity index (χ1) is 11.8. The maximum Gasteiger partial charge on any atom is 0.128 e. The summed E-state index contributed by atoms with van der Waals surface area (Å²) in [5.41, 5.74) is 8.98. The fourth-order valence-corrected chi connectivity index (χ4v) is 2.89. The molecule has 0 aliphatic heterocycles. The van der Waals surface area contributed by atoms with Crippen molar-refractivity contribution in [1.29, 1.82) is 0 Å². The molecule has 0 amide bonds. The average molecular weight is 338 g/mol. The van der Waals surface area contributed by atoms with Gasteiger partial charge in [0.2, 0.25) is 0 Å². The molecule has 0 spiro atoms. The molecule has 0 radical (unpaired) electrons. The lowest BCUT2D eigenvalue weighted by molar-refractivity contribution is 0.199. The second-order valence-electron chi connectivity index (χ2n) is 5.60. The Morgan fingerprint density at radius 2 is 1.54 bits per heavy atom. The van der Waals surface area contributed by atoms with E-state index in [-0.39, 0.29) is 6.10 Å². The van der Waals surface area contributed by atoms with Crippen LogP contribution in [0.3, 0.4) is 0 Å². The Hall–Kier alpha value is -2.29. The van der Waals surface area contributed by atoms with E-state index in [2.05, 4.69) is 24.3 Å². The van der Waals surface area contributed by atoms with Crippen molar-refractivity contribution in [3.8, 4) is 16.9 Å². The third kappa shape index (κ3) is 3.97. The van der Waals surface area contributed by atoms with E-state index in [9.17, 15) is 0 Å². The summed E-state index contributed by atoms with van der Waals surface area (Å²) in [5.74, 6) is 0.813. The summed E-state index contributed by atoms with van der Waals surface area (Å²) in [6.45, 7) is 0.563. The van der Waals surface area contributed by atoms with E-state index >= 15 is 0 Å². The van der Waals surface area contributed by atoms with Crippen LogP contribution < -0.4 is 10.5 Å². The lowest BCUT2D eigenvalue weighted by Gasteiger charge is -2.21. The summed E-state index contributed by atoms with van der Waals surface area (Å²) in [4.78, 5) is 0. The van der Waals surface area contributed by atoms with Crippen molar-refractivity contribution < 1.29 is 4.74 Å². The molecule has 1 atom stereocenters. The molecule has 3 aromatic rings. The van der Waals surface area contributed by atoms with Gasteiger partial charge in [0.1, 0.15) is 11.9 Å². The van der Waals surface area contributed by atoms with Gasteiger partial charge in [-0.3, -0.25) is 0 Å². The number of hydrogen-bond donors (Lipinski definition) is 1. The number of rotatable bonds is 6. The first-order valence-corrected chi connectivity index (χ1v) is 8.42. The maximum absolute atomic E-state index is 6.34. The highest BCUT2D eigenvalue weighted by Gasteiger charge is 2.15. The molecule has 0 aromatic heterocycles. The van der Waals surface area contributed by atoms with Crippen LogP contribution in [0, 0.1) is 0 Å². The second kappa shape index (κ2) is 8.00. The van der Waals surface area contributed by atoms with Crippen LogP contribution in [0.25, 0.3) is 11.1 Å². The molecule has 3 rings (SSSR count). The number of ether oxygens (including phenoxy) is 1. The van der Waals surface area contributed by atoms with Gasteiger partial charge >= 0.3 is 0 Å². The number of benzene rings is 3. The third-order valence-corrected chi connectivity index (χ3v) is 4.13. The monoisotopic (exact) mass is 337 g/mol. The zero-order chi connectivity index (χ0) is 16.8. The minimum absolute atomic E-state index is 0.0835. The molecule has 0 saturated carbocycles. The van der Waals surface area contributed by atoms with E-state index in [1.165, 1.54) is 0 Å². The molecule has 0 fully saturated rings. The van der Waals surface area contributed by atoms with Crippen molar-refractivity contribution in [3.05, 3.63) is 89.4 Å². The predicted octanol–water partition coefficient (Wildman–Crippen LogP) is 5.48. The summed E-state index contributed by atoms with van der Waals surface area (Å²) in [6, 6.07) is 26.0. The van der Waals surface area contributed by atoms with Gasteiger partial charge in [-0.2, -0.15) is 0 Å². The summed E-state index contributed by atoms with van der Waals surface area (Å²) in [7, 11) is 0. The SMILES string of the molecule is NCCC(Oc1ccc(Cl)cc1-c1ccccc1)c1ccccc1. The standard InChI is InChI=1S/C21H20ClNO/c22-18-11-12-21(19(15-18)16-7-3-1-4-8-16)24-20(13-14-23)17-9-5-2-6-10-17/h1-12,15,20H,13-14,23H2. The quantitative estimate of drug-likeness (QED) is 0.646. The molecule has 0 heterocycles. The van der Waals surface area contributed by atoms with Crippen LogP contribution in [0.15, 0.2) is 78.9 Å². The van der Waals surface area contributed by atoms with Crippen LogP contribution in [0.1, 0.15) is 18.1 Å². The van der Waals surface area contributed by atoms with Crippen molar-refractivity contribution in [2.24, 2.45) is 5.73 Å². The van der Waals surface area contributed by atoms with Crippen LogP contribution in [0.4, 0.5) is 0 Å².